The summed E-state index contributed by atoms with van der Waals surface area (Å²) in [5, 5.41) is 4.77. The first-order chi connectivity index (χ1) is 16.4. The van der Waals surface area contributed by atoms with Crippen LogP contribution in [0.15, 0.2) is 41.7 Å². The molecule has 0 spiro atoms. The van der Waals surface area contributed by atoms with Crippen molar-refractivity contribution in [2.75, 3.05) is 44.6 Å². The number of hydrogen-bond donors (Lipinski definition) is 1. The minimum atomic E-state index is -3.08. The van der Waals surface area contributed by atoms with E-state index in [0.717, 1.165) is 11.1 Å². The third-order valence-corrected chi connectivity index (χ3v) is 6.68. The van der Waals surface area contributed by atoms with E-state index in [-0.39, 0.29) is 5.16 Å². The minimum absolute atomic E-state index is 0.189. The van der Waals surface area contributed by atoms with Crippen LogP contribution in [0.1, 0.15) is 6.92 Å². The fourth-order valence-electron chi connectivity index (χ4n) is 4.06. The Kier molecular flexibility index (Phi) is 5.70. The van der Waals surface area contributed by atoms with Gasteiger partial charge in [0.2, 0.25) is 11.0 Å². The van der Waals surface area contributed by atoms with Crippen LogP contribution in [0.3, 0.4) is 0 Å². The number of hydrogen-bond acceptors (Lipinski definition) is 9. The molecule has 3 aromatic heterocycles. The lowest BCUT2D eigenvalue weighted by Gasteiger charge is -2.28. The molecule has 1 aromatic carbocycles. The molecule has 1 N–H and O–H groups in total. The Labute approximate surface area is 197 Å². The zero-order valence-corrected chi connectivity index (χ0v) is 20.1. The molecule has 1 saturated heterocycles. The Hall–Kier alpha value is -3.51. The lowest BCUT2D eigenvalue weighted by Crippen LogP contribution is -2.37. The molecule has 0 saturated carbocycles. The smallest absolute Gasteiger partial charge is 0.254 e. The van der Waals surface area contributed by atoms with E-state index in [2.05, 4.69) is 15.0 Å². The van der Waals surface area contributed by atoms with Gasteiger partial charge in [0.1, 0.15) is 9.73 Å². The van der Waals surface area contributed by atoms with Crippen molar-refractivity contribution in [2.45, 2.75) is 18.6 Å². The maximum absolute atomic E-state index is 12.7. The second kappa shape index (κ2) is 8.69. The van der Waals surface area contributed by atoms with E-state index in [0.29, 0.717) is 61.7 Å². The van der Waals surface area contributed by atoms with Crippen LogP contribution in [0.5, 0.6) is 5.88 Å². The van der Waals surface area contributed by atoms with E-state index in [9.17, 15) is 4.21 Å². The molecule has 1 unspecified atom stereocenters. The van der Waals surface area contributed by atoms with Crippen molar-refractivity contribution in [3.05, 3.63) is 36.5 Å². The molecule has 1 aliphatic heterocycles. The molecule has 0 bridgehead atoms. The Morgan fingerprint density at radius 3 is 2.53 bits per heavy atom. The molecule has 34 heavy (non-hydrogen) atoms. The number of imidazole rings is 1. The highest BCUT2D eigenvalue weighted by atomic mass is 32.2. The van der Waals surface area contributed by atoms with Gasteiger partial charge in [-0.05, 0) is 12.5 Å². The van der Waals surface area contributed by atoms with Gasteiger partial charge in [0.05, 0.1) is 25.9 Å². The van der Waals surface area contributed by atoms with Crippen molar-refractivity contribution in [1.29, 1.82) is 4.78 Å². The number of nitrogens with zero attached hydrogens (tertiary/aromatic N) is 7. The molecule has 0 radical (unpaired) electrons. The van der Waals surface area contributed by atoms with Gasteiger partial charge in [0.25, 0.3) is 5.95 Å². The highest BCUT2D eigenvalue weighted by Gasteiger charge is 2.26. The summed E-state index contributed by atoms with van der Waals surface area (Å²) in [6.07, 6.45) is 3.20. The molecule has 4 heterocycles. The van der Waals surface area contributed by atoms with E-state index in [4.69, 9.17) is 24.2 Å². The number of aryl methyl sites for hydroxylation is 1. The number of benzene rings is 1. The zero-order valence-electron chi connectivity index (χ0n) is 19.3. The van der Waals surface area contributed by atoms with Gasteiger partial charge in [-0.25, -0.2) is 18.7 Å². The number of ether oxygens (including phenoxy) is 2. The predicted octanol–water partition coefficient (Wildman–Crippen LogP) is 2.58. The predicted molar refractivity (Wildman–Crippen MR) is 128 cm³/mol. The van der Waals surface area contributed by atoms with Crippen molar-refractivity contribution >= 4 is 26.7 Å². The number of morpholine rings is 1. The summed E-state index contributed by atoms with van der Waals surface area (Å²) in [4.78, 5) is 16.2. The summed E-state index contributed by atoms with van der Waals surface area (Å²) in [7, 11) is -1.50. The SMILES string of the molecule is CCn1c(S(C)(=N)=O)nc2c(N3CCOCC3)nc(-n3cc(-c4ccccc4)c(OC)n3)nc21. The quantitative estimate of drug-likeness (QED) is 0.445. The first-order valence-corrected chi connectivity index (χ1v) is 12.9. The monoisotopic (exact) mass is 482 g/mol. The van der Waals surface area contributed by atoms with Crippen LogP contribution in [-0.4, -0.2) is 73.2 Å². The van der Waals surface area contributed by atoms with Crippen LogP contribution in [-0.2, 0) is 21.0 Å². The fraction of sp³-hybridized carbons (Fsp3) is 0.364. The van der Waals surface area contributed by atoms with Crippen molar-refractivity contribution in [3.8, 4) is 23.0 Å². The van der Waals surface area contributed by atoms with Gasteiger partial charge in [-0.3, -0.25) is 0 Å². The lowest BCUT2D eigenvalue weighted by molar-refractivity contribution is 0.122. The summed E-state index contributed by atoms with van der Waals surface area (Å²) in [5.41, 5.74) is 2.81. The van der Waals surface area contributed by atoms with Gasteiger partial charge >= 0.3 is 0 Å². The summed E-state index contributed by atoms with van der Waals surface area (Å²) in [6, 6.07) is 9.83. The Morgan fingerprint density at radius 2 is 1.88 bits per heavy atom. The van der Waals surface area contributed by atoms with E-state index in [1.165, 1.54) is 6.26 Å². The topological polar surface area (TPSA) is 124 Å². The average molecular weight is 483 g/mol. The number of rotatable bonds is 6. The molecule has 0 aliphatic carbocycles. The Morgan fingerprint density at radius 1 is 1.15 bits per heavy atom. The summed E-state index contributed by atoms with van der Waals surface area (Å²) in [5.74, 6) is 1.40. The number of methoxy groups -OCH3 is 1. The Balaban J connectivity index is 1.74. The molecule has 1 aliphatic rings. The molecule has 5 rings (SSSR count). The Bertz CT molecular complexity index is 1440. The molecular weight excluding hydrogens is 456 g/mol. The highest BCUT2D eigenvalue weighted by molar-refractivity contribution is 7.91. The zero-order chi connectivity index (χ0) is 23.9. The molecule has 178 valence electrons. The molecular formula is C22H26N8O3S. The first kappa shape index (κ1) is 22.3. The molecule has 0 amide bonds. The third-order valence-electron chi connectivity index (χ3n) is 5.67. The van der Waals surface area contributed by atoms with Crippen LogP contribution in [0.2, 0.25) is 0 Å². The molecule has 1 fully saturated rings. The maximum Gasteiger partial charge on any atom is 0.254 e. The van der Waals surface area contributed by atoms with E-state index < -0.39 is 9.73 Å². The molecule has 11 nitrogen and oxygen atoms in total. The van der Waals surface area contributed by atoms with Gasteiger partial charge in [-0.1, -0.05) is 30.3 Å². The molecule has 12 heteroatoms. The molecule has 1 atom stereocenters. The van der Waals surface area contributed by atoms with Crippen LogP contribution in [0.4, 0.5) is 5.82 Å². The number of fused-ring (bicyclic) bond motifs is 1. The second-order valence-electron chi connectivity index (χ2n) is 7.96. The van der Waals surface area contributed by atoms with Crippen LogP contribution >= 0.6 is 0 Å². The van der Waals surface area contributed by atoms with Crippen molar-refractivity contribution in [3.63, 3.8) is 0 Å². The van der Waals surface area contributed by atoms with E-state index >= 15 is 0 Å². The minimum Gasteiger partial charge on any atom is -0.479 e. The second-order valence-corrected chi connectivity index (χ2v) is 10.0. The van der Waals surface area contributed by atoms with Crippen molar-refractivity contribution in [2.24, 2.45) is 0 Å². The number of anilines is 1. The lowest BCUT2D eigenvalue weighted by atomic mass is 10.1. The fourth-order valence-corrected chi connectivity index (χ4v) is 4.96. The van der Waals surface area contributed by atoms with Crippen LogP contribution in [0, 0.1) is 4.78 Å². The first-order valence-electron chi connectivity index (χ1n) is 10.9. The summed E-state index contributed by atoms with van der Waals surface area (Å²) >= 11 is 0. The van der Waals surface area contributed by atoms with Gasteiger partial charge in [-0.15, -0.1) is 5.10 Å². The molecule has 4 aromatic rings. The van der Waals surface area contributed by atoms with E-state index in [1.807, 2.05) is 43.5 Å². The van der Waals surface area contributed by atoms with Gasteiger partial charge in [0.15, 0.2) is 17.0 Å². The normalized spacial score (nSPS) is 16.0. The van der Waals surface area contributed by atoms with Crippen LogP contribution < -0.4 is 9.64 Å². The average Bonchev–Trinajstić information content (AvgIpc) is 3.46. The number of nitrogens with one attached hydrogen (secondary N) is 1. The van der Waals surface area contributed by atoms with Crippen LogP contribution in [0.25, 0.3) is 28.2 Å². The maximum atomic E-state index is 12.7. The van der Waals surface area contributed by atoms with Crippen molar-refractivity contribution in [1.82, 2.24) is 29.3 Å². The van der Waals surface area contributed by atoms with Gasteiger partial charge < -0.3 is 18.9 Å². The number of aromatic nitrogens is 6. The van der Waals surface area contributed by atoms with Gasteiger partial charge in [-0.2, -0.15) is 9.97 Å². The van der Waals surface area contributed by atoms with Gasteiger partial charge in [0, 0.05) is 32.1 Å². The third kappa shape index (κ3) is 3.88. The summed E-state index contributed by atoms with van der Waals surface area (Å²) in [6.45, 7) is 4.79. The highest BCUT2D eigenvalue weighted by Crippen LogP contribution is 2.31. The standard InChI is InChI=1S/C22H26N8O3S/c1-4-29-19-17(24-22(29)34(3,23)31)18(28-10-12-33-13-11-28)25-21(26-19)30-14-16(20(27-30)32-2)15-8-6-5-7-9-15/h5-9,14,23H,4,10-13H2,1-3H3. The van der Waals surface area contributed by atoms with E-state index in [1.54, 1.807) is 16.4 Å². The van der Waals surface area contributed by atoms with Crippen molar-refractivity contribution < 1.29 is 13.7 Å². The largest absolute Gasteiger partial charge is 0.479 e. The summed E-state index contributed by atoms with van der Waals surface area (Å²) < 4.78 is 35.2.